The van der Waals surface area contributed by atoms with Crippen molar-refractivity contribution in [2.24, 2.45) is 0 Å². The van der Waals surface area contributed by atoms with Crippen LogP contribution >= 0.6 is 0 Å². The van der Waals surface area contributed by atoms with Crippen LogP contribution in [0.1, 0.15) is 17.4 Å². The van der Waals surface area contributed by atoms with E-state index >= 15 is 0 Å². The van der Waals surface area contributed by atoms with Gasteiger partial charge >= 0.3 is 0 Å². The molecule has 0 fully saturated rings. The van der Waals surface area contributed by atoms with Gasteiger partial charge in [0, 0.05) is 6.54 Å². The van der Waals surface area contributed by atoms with Gasteiger partial charge in [-0.2, -0.15) is 15.4 Å². The van der Waals surface area contributed by atoms with Gasteiger partial charge in [-0.3, -0.25) is 4.79 Å². The average molecular weight is 166 g/mol. The van der Waals surface area contributed by atoms with Gasteiger partial charge in [-0.15, -0.1) is 0 Å². The van der Waals surface area contributed by atoms with Crippen LogP contribution in [-0.4, -0.2) is 27.9 Å². The van der Waals surface area contributed by atoms with Crippen LogP contribution in [0.5, 0.6) is 0 Å². The zero-order chi connectivity index (χ0) is 8.97. The highest BCUT2D eigenvalue weighted by atomic mass is 16.1. The first-order chi connectivity index (χ1) is 5.70. The van der Waals surface area contributed by atoms with Crippen molar-refractivity contribution in [3.05, 3.63) is 24.0 Å². The summed E-state index contributed by atoms with van der Waals surface area (Å²) in [4.78, 5) is 11.1. The van der Waals surface area contributed by atoms with Crippen molar-refractivity contribution in [1.29, 1.82) is 0 Å². The minimum absolute atomic E-state index is 0.244. The van der Waals surface area contributed by atoms with E-state index in [0.29, 0.717) is 6.54 Å². The molecular formula is C7H10N4O. The lowest BCUT2D eigenvalue weighted by Gasteiger charge is -2.00. The molecule has 0 aliphatic rings. The molecule has 0 radical (unpaired) electrons. The highest BCUT2D eigenvalue weighted by Gasteiger charge is 2.06. The average Bonchev–Trinajstić information content (AvgIpc) is 2.51. The maximum atomic E-state index is 11.1. The van der Waals surface area contributed by atoms with Crippen molar-refractivity contribution in [3.8, 4) is 0 Å². The Bertz CT molecular complexity index is 278. The van der Waals surface area contributed by atoms with E-state index < -0.39 is 0 Å². The molecule has 0 aromatic carbocycles. The first-order valence-electron chi connectivity index (χ1n) is 3.48. The molecule has 0 aliphatic heterocycles. The van der Waals surface area contributed by atoms with E-state index in [2.05, 4.69) is 27.3 Å². The monoisotopic (exact) mass is 166 g/mol. The molecule has 1 aromatic heterocycles. The number of nitrogens with zero attached hydrogens (tertiary/aromatic N) is 2. The van der Waals surface area contributed by atoms with Crippen molar-refractivity contribution in [1.82, 2.24) is 20.7 Å². The van der Waals surface area contributed by atoms with Gasteiger partial charge in [0.2, 0.25) is 0 Å². The highest BCUT2D eigenvalue weighted by Crippen LogP contribution is 1.89. The normalized spacial score (nSPS) is 9.42. The quantitative estimate of drug-likeness (QED) is 0.626. The van der Waals surface area contributed by atoms with E-state index in [-0.39, 0.29) is 11.6 Å². The third-order valence-electron chi connectivity index (χ3n) is 1.20. The van der Waals surface area contributed by atoms with Gasteiger partial charge in [0.05, 0.1) is 6.20 Å². The molecule has 0 bridgehead atoms. The second-order valence-corrected chi connectivity index (χ2v) is 2.50. The van der Waals surface area contributed by atoms with Crippen LogP contribution in [0, 0.1) is 0 Å². The fourth-order valence-electron chi connectivity index (χ4n) is 0.633. The van der Waals surface area contributed by atoms with Crippen molar-refractivity contribution in [2.75, 3.05) is 6.54 Å². The standard InChI is InChI=1S/C7H10N4O/c1-5(2)3-8-7(12)6-4-9-11-10-6/h4H,1,3H2,2H3,(H,8,12)(H,9,10,11). The van der Waals surface area contributed by atoms with E-state index in [1.807, 2.05) is 6.92 Å². The van der Waals surface area contributed by atoms with Crippen LogP contribution in [0.4, 0.5) is 0 Å². The molecule has 1 rings (SSSR count). The van der Waals surface area contributed by atoms with Gasteiger partial charge in [0.1, 0.15) is 0 Å². The molecule has 5 nitrogen and oxygen atoms in total. The van der Waals surface area contributed by atoms with E-state index in [9.17, 15) is 4.79 Å². The maximum absolute atomic E-state index is 11.1. The number of H-pyrrole nitrogens is 1. The van der Waals surface area contributed by atoms with Gasteiger partial charge in [-0.05, 0) is 6.92 Å². The summed E-state index contributed by atoms with van der Waals surface area (Å²) in [5.41, 5.74) is 1.18. The molecule has 12 heavy (non-hydrogen) atoms. The molecule has 1 amide bonds. The van der Waals surface area contributed by atoms with Crippen LogP contribution in [0.2, 0.25) is 0 Å². The van der Waals surface area contributed by atoms with Gasteiger partial charge in [0.15, 0.2) is 5.69 Å². The molecule has 64 valence electrons. The first-order valence-corrected chi connectivity index (χ1v) is 3.48. The fourth-order valence-corrected chi connectivity index (χ4v) is 0.633. The maximum Gasteiger partial charge on any atom is 0.273 e. The lowest BCUT2D eigenvalue weighted by Crippen LogP contribution is -2.25. The van der Waals surface area contributed by atoms with Crippen LogP contribution in [-0.2, 0) is 0 Å². The predicted octanol–water partition coefficient (Wildman–Crippen LogP) is 0.111. The van der Waals surface area contributed by atoms with Crippen LogP contribution in [0.15, 0.2) is 18.3 Å². The van der Waals surface area contributed by atoms with Crippen LogP contribution < -0.4 is 5.32 Å². The summed E-state index contributed by atoms with van der Waals surface area (Å²) in [6.07, 6.45) is 1.37. The third kappa shape index (κ3) is 2.19. The summed E-state index contributed by atoms with van der Waals surface area (Å²) in [6.45, 7) is 5.95. The summed E-state index contributed by atoms with van der Waals surface area (Å²) in [5.74, 6) is -0.244. The van der Waals surface area contributed by atoms with Gasteiger partial charge in [0.25, 0.3) is 5.91 Å². The predicted molar refractivity (Wildman–Crippen MR) is 43.5 cm³/mol. The molecule has 1 heterocycles. The summed E-state index contributed by atoms with van der Waals surface area (Å²) in [6, 6.07) is 0. The summed E-state index contributed by atoms with van der Waals surface area (Å²) >= 11 is 0. The van der Waals surface area contributed by atoms with Crippen molar-refractivity contribution in [3.63, 3.8) is 0 Å². The van der Waals surface area contributed by atoms with Gasteiger partial charge < -0.3 is 5.32 Å². The smallest absolute Gasteiger partial charge is 0.273 e. The minimum atomic E-state index is -0.244. The lowest BCUT2D eigenvalue weighted by molar-refractivity contribution is 0.0952. The second-order valence-electron chi connectivity index (χ2n) is 2.50. The fraction of sp³-hybridized carbons (Fsp3) is 0.286. The summed E-state index contributed by atoms with van der Waals surface area (Å²) < 4.78 is 0. The molecule has 0 atom stereocenters. The van der Waals surface area contributed by atoms with E-state index in [0.717, 1.165) is 5.57 Å². The van der Waals surface area contributed by atoms with Crippen molar-refractivity contribution >= 4 is 5.91 Å². The molecule has 5 heteroatoms. The second kappa shape index (κ2) is 3.66. The third-order valence-corrected chi connectivity index (χ3v) is 1.20. The number of nitrogens with one attached hydrogen (secondary N) is 2. The number of carbonyl (C=O) groups excluding carboxylic acids is 1. The Balaban J connectivity index is 2.45. The summed E-state index contributed by atoms with van der Waals surface area (Å²) in [5, 5.41) is 12.1. The Morgan fingerprint density at radius 3 is 3.08 bits per heavy atom. The topological polar surface area (TPSA) is 70.7 Å². The van der Waals surface area contributed by atoms with E-state index in [1.165, 1.54) is 6.20 Å². The Kier molecular flexibility index (Phi) is 2.57. The molecule has 2 N–H and O–H groups in total. The number of aromatic nitrogens is 3. The van der Waals surface area contributed by atoms with Crippen LogP contribution in [0.25, 0.3) is 0 Å². The number of hydrogen-bond acceptors (Lipinski definition) is 3. The molecule has 0 saturated heterocycles. The number of aromatic amines is 1. The lowest BCUT2D eigenvalue weighted by atomic mass is 10.3. The zero-order valence-electron chi connectivity index (χ0n) is 6.79. The largest absolute Gasteiger partial charge is 0.347 e. The first kappa shape index (κ1) is 8.45. The molecule has 0 unspecified atom stereocenters. The summed E-state index contributed by atoms with van der Waals surface area (Å²) in [7, 11) is 0. The van der Waals surface area contributed by atoms with Gasteiger partial charge in [-0.25, -0.2) is 0 Å². The Hall–Kier alpha value is -1.65. The number of rotatable bonds is 3. The van der Waals surface area contributed by atoms with E-state index in [4.69, 9.17) is 0 Å². The number of carbonyl (C=O) groups is 1. The SMILES string of the molecule is C=C(C)CNC(=O)c1cn[nH]n1. The number of amides is 1. The van der Waals surface area contributed by atoms with Crippen molar-refractivity contribution < 1.29 is 4.79 Å². The highest BCUT2D eigenvalue weighted by molar-refractivity contribution is 5.91. The van der Waals surface area contributed by atoms with Crippen LogP contribution in [0.3, 0.4) is 0 Å². The number of hydrogen-bond donors (Lipinski definition) is 2. The van der Waals surface area contributed by atoms with Gasteiger partial charge in [-0.1, -0.05) is 12.2 Å². The Labute approximate surface area is 69.9 Å². The molecule has 0 aliphatic carbocycles. The molecule has 1 aromatic rings. The molecular weight excluding hydrogens is 156 g/mol. The molecule has 0 saturated carbocycles. The molecule has 0 spiro atoms. The minimum Gasteiger partial charge on any atom is -0.347 e. The Morgan fingerprint density at radius 2 is 2.58 bits per heavy atom. The van der Waals surface area contributed by atoms with E-state index in [1.54, 1.807) is 0 Å². The zero-order valence-corrected chi connectivity index (χ0v) is 6.79. The Morgan fingerprint density at radius 1 is 1.83 bits per heavy atom. The van der Waals surface area contributed by atoms with Crippen molar-refractivity contribution in [2.45, 2.75) is 6.92 Å².